The lowest BCUT2D eigenvalue weighted by molar-refractivity contribution is 0.669. The molecule has 13 aromatic rings. The molecule has 4 nitrogen and oxygen atoms in total. The fourth-order valence-corrected chi connectivity index (χ4v) is 9.33. The number of nitrogens with zero attached hydrogens (tertiary/aromatic N) is 2. The van der Waals surface area contributed by atoms with E-state index in [4.69, 9.17) is 8.83 Å². The normalized spacial score (nSPS) is 12.4. The Hall–Kier alpha value is -7.30. The van der Waals surface area contributed by atoms with Crippen molar-refractivity contribution in [3.63, 3.8) is 0 Å². The molecule has 0 aliphatic carbocycles. The van der Waals surface area contributed by atoms with Gasteiger partial charge in [-0.05, 0) is 106 Å². The van der Waals surface area contributed by atoms with E-state index in [9.17, 15) is 0 Å². The van der Waals surface area contributed by atoms with Crippen LogP contribution in [0.5, 0.6) is 0 Å². The summed E-state index contributed by atoms with van der Waals surface area (Å²) in [5.41, 5.74) is 10.6. The van der Waals surface area contributed by atoms with E-state index in [-0.39, 0.29) is 0 Å². The van der Waals surface area contributed by atoms with Crippen molar-refractivity contribution >= 4 is 109 Å². The number of benzene rings is 9. The van der Waals surface area contributed by atoms with Crippen LogP contribution in [0.2, 0.25) is 0 Å². The molecule has 0 bridgehead atoms. The highest BCUT2D eigenvalue weighted by Gasteiger charge is 2.19. The van der Waals surface area contributed by atoms with Crippen molar-refractivity contribution in [2.24, 2.45) is 0 Å². The first-order valence-corrected chi connectivity index (χ1v) is 18.4. The van der Waals surface area contributed by atoms with Crippen LogP contribution in [0.3, 0.4) is 0 Å². The number of furan rings is 2. The third-order valence-electron chi connectivity index (χ3n) is 11.7. The van der Waals surface area contributed by atoms with Gasteiger partial charge in [0.05, 0.1) is 22.1 Å². The second kappa shape index (κ2) is 10.2. The Bertz CT molecular complexity index is 3480. The number of rotatable bonds is 2. The van der Waals surface area contributed by atoms with Gasteiger partial charge in [-0.3, -0.25) is 0 Å². The first-order chi connectivity index (χ1) is 26.8. The molecule has 4 heteroatoms. The van der Waals surface area contributed by atoms with Gasteiger partial charge in [0.25, 0.3) is 0 Å². The SMILES string of the molecule is c1ccc2c(c1)oc1ccc3cc4c5ccccc5n(-c5ccc(-n6c7ccccc7c7cc8ccc9oc%10ccccc%10c9c8cc76)cc5)c4cc3c12. The van der Waals surface area contributed by atoms with E-state index in [1.54, 1.807) is 0 Å². The molecule has 0 unspecified atom stereocenters. The Balaban J connectivity index is 1.05. The fourth-order valence-electron chi connectivity index (χ4n) is 9.33. The topological polar surface area (TPSA) is 36.1 Å². The molecule has 0 spiro atoms. The Morgan fingerprint density at radius 1 is 0.278 bits per heavy atom. The Morgan fingerprint density at radius 2 is 0.685 bits per heavy atom. The van der Waals surface area contributed by atoms with Crippen molar-refractivity contribution in [3.8, 4) is 11.4 Å². The second-order valence-electron chi connectivity index (χ2n) is 14.5. The van der Waals surface area contributed by atoms with Gasteiger partial charge in [-0.25, -0.2) is 0 Å². The average Bonchev–Trinajstić information content (AvgIpc) is 3.97. The highest BCUT2D eigenvalue weighted by Crippen LogP contribution is 2.42. The summed E-state index contributed by atoms with van der Waals surface area (Å²) in [5.74, 6) is 0. The monoisotopic (exact) mass is 688 g/mol. The van der Waals surface area contributed by atoms with E-state index in [1.165, 1.54) is 65.2 Å². The van der Waals surface area contributed by atoms with Gasteiger partial charge in [-0.15, -0.1) is 0 Å². The van der Waals surface area contributed by atoms with Gasteiger partial charge in [0.1, 0.15) is 22.3 Å². The van der Waals surface area contributed by atoms with Crippen LogP contribution in [0.4, 0.5) is 0 Å². The minimum Gasteiger partial charge on any atom is -0.456 e. The Labute approximate surface area is 307 Å². The van der Waals surface area contributed by atoms with Crippen molar-refractivity contribution in [2.75, 3.05) is 0 Å². The number of fused-ring (bicyclic) bond motifs is 16. The summed E-state index contributed by atoms with van der Waals surface area (Å²) < 4.78 is 17.4. The maximum Gasteiger partial charge on any atom is 0.136 e. The molecule has 0 aliphatic rings. The molecule has 9 aromatic carbocycles. The highest BCUT2D eigenvalue weighted by atomic mass is 16.3. The van der Waals surface area contributed by atoms with Crippen LogP contribution < -0.4 is 0 Å². The van der Waals surface area contributed by atoms with Crippen LogP contribution >= 0.6 is 0 Å². The van der Waals surface area contributed by atoms with Crippen LogP contribution in [0, 0.1) is 0 Å². The van der Waals surface area contributed by atoms with E-state index in [2.05, 4.69) is 167 Å². The molecule has 0 saturated heterocycles. The summed E-state index contributed by atoms with van der Waals surface area (Å²) in [7, 11) is 0. The highest BCUT2D eigenvalue weighted by molar-refractivity contribution is 6.24. The lowest BCUT2D eigenvalue weighted by Gasteiger charge is -2.12. The number of aromatic nitrogens is 2. The molecule has 0 saturated carbocycles. The van der Waals surface area contributed by atoms with Crippen molar-refractivity contribution in [1.29, 1.82) is 0 Å². The minimum atomic E-state index is 0.913. The van der Waals surface area contributed by atoms with Crippen molar-refractivity contribution in [3.05, 3.63) is 170 Å². The lowest BCUT2D eigenvalue weighted by atomic mass is 10.0. The maximum atomic E-state index is 6.30. The molecular formula is C50H28N2O2. The molecule has 250 valence electrons. The molecule has 0 amide bonds. The van der Waals surface area contributed by atoms with Crippen LogP contribution in [0.1, 0.15) is 0 Å². The summed E-state index contributed by atoms with van der Waals surface area (Å²) in [4.78, 5) is 0. The zero-order chi connectivity index (χ0) is 35.1. The molecule has 0 aliphatic heterocycles. The molecule has 0 radical (unpaired) electrons. The van der Waals surface area contributed by atoms with E-state index in [1.807, 2.05) is 12.1 Å². The maximum absolute atomic E-state index is 6.30. The molecule has 0 atom stereocenters. The molecule has 54 heavy (non-hydrogen) atoms. The smallest absolute Gasteiger partial charge is 0.136 e. The first kappa shape index (κ1) is 28.3. The van der Waals surface area contributed by atoms with Gasteiger partial charge in [-0.2, -0.15) is 0 Å². The first-order valence-electron chi connectivity index (χ1n) is 18.4. The summed E-state index contributed by atoms with van der Waals surface area (Å²) in [6.45, 7) is 0. The Morgan fingerprint density at radius 3 is 1.15 bits per heavy atom. The number of hydrogen-bond acceptors (Lipinski definition) is 2. The molecular weight excluding hydrogens is 661 g/mol. The van der Waals surface area contributed by atoms with Crippen LogP contribution in [0.15, 0.2) is 179 Å². The quantitative estimate of drug-likeness (QED) is 0.181. The third-order valence-corrected chi connectivity index (χ3v) is 11.7. The molecule has 13 rings (SSSR count). The van der Waals surface area contributed by atoms with Gasteiger partial charge in [0.15, 0.2) is 0 Å². The average molecular weight is 689 g/mol. The molecule has 0 fully saturated rings. The van der Waals surface area contributed by atoms with E-state index in [0.717, 1.165) is 55.3 Å². The number of hydrogen-bond donors (Lipinski definition) is 0. The van der Waals surface area contributed by atoms with Gasteiger partial charge >= 0.3 is 0 Å². The summed E-state index contributed by atoms with van der Waals surface area (Å²) in [6.07, 6.45) is 0. The second-order valence-corrected chi connectivity index (χ2v) is 14.5. The fraction of sp³-hybridized carbons (Fsp3) is 0. The summed E-state index contributed by atoms with van der Waals surface area (Å²) in [5, 5.41) is 14.4. The number of para-hydroxylation sites is 4. The van der Waals surface area contributed by atoms with Gasteiger partial charge in [-0.1, -0.05) is 84.9 Å². The van der Waals surface area contributed by atoms with Crippen LogP contribution in [0.25, 0.3) is 120 Å². The van der Waals surface area contributed by atoms with Crippen molar-refractivity contribution in [1.82, 2.24) is 9.13 Å². The van der Waals surface area contributed by atoms with E-state index >= 15 is 0 Å². The minimum absolute atomic E-state index is 0.913. The predicted molar refractivity (Wildman–Crippen MR) is 225 cm³/mol. The van der Waals surface area contributed by atoms with Crippen LogP contribution in [-0.2, 0) is 0 Å². The summed E-state index contributed by atoms with van der Waals surface area (Å²) in [6, 6.07) is 61.3. The largest absolute Gasteiger partial charge is 0.456 e. The van der Waals surface area contributed by atoms with Crippen LogP contribution in [-0.4, -0.2) is 9.13 Å². The zero-order valence-corrected chi connectivity index (χ0v) is 28.9. The Kier molecular flexibility index (Phi) is 5.34. The lowest BCUT2D eigenvalue weighted by Crippen LogP contribution is -1.97. The molecule has 4 heterocycles. The van der Waals surface area contributed by atoms with E-state index in [0.29, 0.717) is 0 Å². The summed E-state index contributed by atoms with van der Waals surface area (Å²) >= 11 is 0. The molecule has 4 aromatic heterocycles. The predicted octanol–water partition coefficient (Wildman–Crippen LogP) is 14.0. The van der Waals surface area contributed by atoms with Crippen molar-refractivity contribution < 1.29 is 8.83 Å². The zero-order valence-electron chi connectivity index (χ0n) is 28.9. The van der Waals surface area contributed by atoms with Gasteiger partial charge in [0, 0.05) is 54.5 Å². The standard InChI is InChI=1S/C50H28N2O2/c1-5-13-41-33(9-1)39-25-29-17-23-47-49(35-11-3-7-15-45(35)53-47)37(29)27-43(39)51(41)31-19-21-32(22-20-31)52-42-14-6-2-10-34(42)40-26-30-18-24-48-50(38(30)28-44(40)52)36-12-4-8-16-46(36)54-48/h1-28H. The van der Waals surface area contributed by atoms with E-state index < -0.39 is 0 Å². The third kappa shape index (κ3) is 3.66. The van der Waals surface area contributed by atoms with Gasteiger partial charge < -0.3 is 18.0 Å². The molecule has 0 N–H and O–H groups in total. The van der Waals surface area contributed by atoms with Gasteiger partial charge in [0.2, 0.25) is 0 Å². The van der Waals surface area contributed by atoms with Crippen molar-refractivity contribution in [2.45, 2.75) is 0 Å².